The van der Waals surface area contributed by atoms with Gasteiger partial charge in [-0.05, 0) is 20.1 Å². The molecule has 2 heterocycles. The molecule has 0 spiro atoms. The number of hydrogen-bond donors (Lipinski definition) is 0. The smallest absolute Gasteiger partial charge is 0.226 e. The van der Waals surface area contributed by atoms with Crippen LogP contribution in [0, 0.1) is 5.92 Å². The average molecular weight is 316 g/mol. The van der Waals surface area contributed by atoms with E-state index in [1.54, 1.807) is 11.8 Å². The van der Waals surface area contributed by atoms with Crippen LogP contribution < -0.4 is 0 Å². The summed E-state index contributed by atoms with van der Waals surface area (Å²) in [6.07, 6.45) is 2.05. The van der Waals surface area contributed by atoms with E-state index in [2.05, 4.69) is 30.0 Å². The van der Waals surface area contributed by atoms with Gasteiger partial charge in [0.25, 0.3) is 0 Å². The van der Waals surface area contributed by atoms with Crippen molar-refractivity contribution in [3.8, 4) is 0 Å². The van der Waals surface area contributed by atoms with Gasteiger partial charge in [-0.1, -0.05) is 18.7 Å². The number of rotatable bonds is 3. The Kier molecular flexibility index (Phi) is 5.29. The lowest BCUT2D eigenvalue weighted by Crippen LogP contribution is -2.51. The molecular formula is C14H25N3OS2. The number of nitrogens with zero attached hydrogens (tertiary/aromatic N) is 3. The van der Waals surface area contributed by atoms with Gasteiger partial charge < -0.3 is 9.80 Å². The van der Waals surface area contributed by atoms with Crippen LogP contribution in [0.2, 0.25) is 0 Å². The van der Waals surface area contributed by atoms with E-state index in [1.807, 2.05) is 23.6 Å². The zero-order valence-corrected chi connectivity index (χ0v) is 14.5. The second-order valence-electron chi connectivity index (χ2n) is 6.13. The summed E-state index contributed by atoms with van der Waals surface area (Å²) in [7, 11) is 0. The summed E-state index contributed by atoms with van der Waals surface area (Å²) >= 11 is 3.61. The van der Waals surface area contributed by atoms with Crippen LogP contribution in [-0.4, -0.2) is 70.4 Å². The normalized spacial score (nSPS) is 23.7. The van der Waals surface area contributed by atoms with Gasteiger partial charge >= 0.3 is 0 Å². The zero-order chi connectivity index (χ0) is 14.8. The molecule has 0 radical (unpaired) electrons. The molecule has 2 aliphatic rings. The van der Waals surface area contributed by atoms with Gasteiger partial charge in [0.15, 0.2) is 5.17 Å². The van der Waals surface area contributed by atoms with Crippen molar-refractivity contribution in [2.24, 2.45) is 10.9 Å². The fourth-order valence-corrected chi connectivity index (χ4v) is 4.19. The van der Waals surface area contributed by atoms with Crippen molar-refractivity contribution in [1.82, 2.24) is 9.80 Å². The second-order valence-corrected chi connectivity index (χ2v) is 8.71. The predicted molar refractivity (Wildman–Crippen MR) is 89.7 cm³/mol. The lowest BCUT2D eigenvalue weighted by Gasteiger charge is -2.37. The Hall–Kier alpha value is -0.360. The number of piperazine rings is 1. The maximum atomic E-state index is 12.3. The second kappa shape index (κ2) is 6.60. The van der Waals surface area contributed by atoms with Gasteiger partial charge in [0, 0.05) is 42.6 Å². The van der Waals surface area contributed by atoms with Gasteiger partial charge in [0.2, 0.25) is 5.91 Å². The van der Waals surface area contributed by atoms with E-state index in [0.29, 0.717) is 5.91 Å². The summed E-state index contributed by atoms with van der Waals surface area (Å²) in [5, 5.41) is 1.17. The first-order valence-corrected chi connectivity index (χ1v) is 9.40. The minimum Gasteiger partial charge on any atom is -0.348 e. The minimum absolute atomic E-state index is 0.133. The molecule has 20 heavy (non-hydrogen) atoms. The van der Waals surface area contributed by atoms with Crippen LogP contribution in [0.15, 0.2) is 4.99 Å². The van der Waals surface area contributed by atoms with Crippen LogP contribution >= 0.6 is 23.5 Å². The van der Waals surface area contributed by atoms with Crippen LogP contribution in [0.4, 0.5) is 0 Å². The Morgan fingerprint density at radius 2 is 2.05 bits per heavy atom. The fourth-order valence-electron chi connectivity index (χ4n) is 2.49. The molecule has 0 bridgehead atoms. The molecule has 0 aromatic rings. The van der Waals surface area contributed by atoms with E-state index in [-0.39, 0.29) is 10.7 Å². The number of amidine groups is 1. The van der Waals surface area contributed by atoms with Crippen molar-refractivity contribution in [2.45, 2.75) is 25.5 Å². The molecule has 1 fully saturated rings. The maximum Gasteiger partial charge on any atom is 0.226 e. The first kappa shape index (κ1) is 16.0. The summed E-state index contributed by atoms with van der Waals surface area (Å²) in [5.41, 5.74) is 0. The summed E-state index contributed by atoms with van der Waals surface area (Å²) in [6, 6.07) is 0. The molecular weight excluding hydrogens is 290 g/mol. The lowest BCUT2D eigenvalue weighted by molar-refractivity contribution is -0.135. The summed E-state index contributed by atoms with van der Waals surface area (Å²) in [4.78, 5) is 21.3. The number of thioether (sulfide) groups is 2. The van der Waals surface area contributed by atoms with Crippen LogP contribution in [0.25, 0.3) is 0 Å². The summed E-state index contributed by atoms with van der Waals surface area (Å²) in [5.74, 6) is 1.35. The molecule has 2 rings (SSSR count). The summed E-state index contributed by atoms with van der Waals surface area (Å²) in [6.45, 7) is 10.9. The molecule has 0 saturated carbocycles. The van der Waals surface area contributed by atoms with E-state index in [0.717, 1.165) is 38.5 Å². The van der Waals surface area contributed by atoms with E-state index < -0.39 is 0 Å². The molecule has 1 amide bonds. The highest BCUT2D eigenvalue weighted by Gasteiger charge is 2.32. The molecule has 6 heteroatoms. The number of carbonyl (C=O) groups is 1. The molecule has 0 aromatic carbocycles. The molecule has 1 atom stereocenters. The highest BCUT2D eigenvalue weighted by molar-refractivity contribution is 8.15. The highest BCUT2D eigenvalue weighted by atomic mass is 32.2. The van der Waals surface area contributed by atoms with Crippen LogP contribution in [0.5, 0.6) is 0 Å². The molecule has 2 aliphatic heterocycles. The van der Waals surface area contributed by atoms with Gasteiger partial charge in [0.1, 0.15) is 0 Å². The van der Waals surface area contributed by atoms with Crippen molar-refractivity contribution in [2.75, 3.05) is 44.7 Å². The summed E-state index contributed by atoms with van der Waals surface area (Å²) < 4.78 is 0.231. The third kappa shape index (κ3) is 3.85. The predicted octanol–water partition coefficient (Wildman–Crippen LogP) is 2.01. The number of aliphatic imine (C=N–C) groups is 1. The number of hydrogen-bond acceptors (Lipinski definition) is 5. The average Bonchev–Trinajstić information content (AvgIpc) is 2.79. The van der Waals surface area contributed by atoms with E-state index in [9.17, 15) is 4.79 Å². The quantitative estimate of drug-likeness (QED) is 0.798. The molecule has 1 saturated heterocycles. The monoisotopic (exact) mass is 315 g/mol. The van der Waals surface area contributed by atoms with Crippen LogP contribution in [0.1, 0.15) is 20.8 Å². The Labute approximate surface area is 130 Å². The Balaban J connectivity index is 1.82. The van der Waals surface area contributed by atoms with Crippen molar-refractivity contribution in [1.29, 1.82) is 0 Å². The Morgan fingerprint density at radius 3 is 2.55 bits per heavy atom. The van der Waals surface area contributed by atoms with Gasteiger partial charge in [0.05, 0.1) is 6.54 Å². The first-order chi connectivity index (χ1) is 9.43. The highest BCUT2D eigenvalue weighted by Crippen LogP contribution is 2.33. The molecule has 0 N–H and O–H groups in total. The van der Waals surface area contributed by atoms with Crippen molar-refractivity contribution < 1.29 is 4.79 Å². The third-order valence-corrected chi connectivity index (χ3v) is 5.75. The van der Waals surface area contributed by atoms with E-state index >= 15 is 0 Å². The maximum absolute atomic E-state index is 12.3. The topological polar surface area (TPSA) is 35.9 Å². The fraction of sp³-hybridized carbons (Fsp3) is 0.857. The van der Waals surface area contributed by atoms with Gasteiger partial charge in [-0.2, -0.15) is 11.8 Å². The molecule has 0 unspecified atom stereocenters. The lowest BCUT2D eigenvalue weighted by atomic mass is 10.1. The van der Waals surface area contributed by atoms with Crippen LogP contribution in [0.3, 0.4) is 0 Å². The third-order valence-electron chi connectivity index (χ3n) is 3.66. The van der Waals surface area contributed by atoms with E-state index in [4.69, 9.17) is 0 Å². The standard InChI is InChI=1S/C14H25N3OS2/c1-11(9-19-4)12(18)16-5-7-17(8-6-16)13-15-10-14(2,3)20-13/h11H,5-10H2,1-4H3/t11-/m1/s1. The minimum atomic E-state index is 0.133. The van der Waals surface area contributed by atoms with Gasteiger partial charge in [-0.3, -0.25) is 9.79 Å². The van der Waals surface area contributed by atoms with Gasteiger partial charge in [-0.15, -0.1) is 0 Å². The SMILES string of the molecule is CSC[C@@H](C)C(=O)N1CCN(C2=NCC(C)(C)S2)CC1. The Bertz CT molecular complexity index is 390. The van der Waals surface area contributed by atoms with Crippen molar-refractivity contribution in [3.05, 3.63) is 0 Å². The number of amides is 1. The van der Waals surface area contributed by atoms with Crippen molar-refractivity contribution in [3.63, 3.8) is 0 Å². The number of carbonyl (C=O) groups excluding carboxylic acids is 1. The molecule has 0 aliphatic carbocycles. The Morgan fingerprint density at radius 1 is 1.40 bits per heavy atom. The largest absolute Gasteiger partial charge is 0.348 e. The first-order valence-electron chi connectivity index (χ1n) is 7.19. The molecule has 4 nitrogen and oxygen atoms in total. The van der Waals surface area contributed by atoms with Crippen LogP contribution in [-0.2, 0) is 4.79 Å². The molecule has 114 valence electrons. The van der Waals surface area contributed by atoms with E-state index in [1.165, 1.54) is 5.17 Å². The zero-order valence-electron chi connectivity index (χ0n) is 12.9. The van der Waals surface area contributed by atoms with Gasteiger partial charge in [-0.25, -0.2) is 0 Å². The van der Waals surface area contributed by atoms with Crippen molar-refractivity contribution >= 4 is 34.6 Å². The molecule has 0 aromatic heterocycles.